The normalized spacial score (nSPS) is 20.4. The summed E-state index contributed by atoms with van der Waals surface area (Å²) in [7, 11) is -3.52. The summed E-state index contributed by atoms with van der Waals surface area (Å²) in [6, 6.07) is 1.26. The molecule has 0 spiro atoms. The maximum atomic E-state index is 13.2. The quantitative estimate of drug-likeness (QED) is 0.835. The Morgan fingerprint density at radius 2 is 2.41 bits per heavy atom. The van der Waals surface area contributed by atoms with Gasteiger partial charge < -0.3 is 5.32 Å². The summed E-state index contributed by atoms with van der Waals surface area (Å²) >= 11 is 0. The van der Waals surface area contributed by atoms with Crippen LogP contribution < -0.4 is 10.0 Å². The van der Waals surface area contributed by atoms with E-state index in [1.807, 2.05) is 0 Å². The first kappa shape index (κ1) is 12.3. The number of aromatic nitrogens is 1. The molecule has 2 N–H and O–H groups in total. The van der Waals surface area contributed by atoms with Crippen LogP contribution in [0.4, 0.5) is 10.1 Å². The molecule has 0 bridgehead atoms. The first-order valence-electron chi connectivity index (χ1n) is 5.40. The molecular weight excluding hydrogens is 245 g/mol. The van der Waals surface area contributed by atoms with Gasteiger partial charge in [0, 0.05) is 12.2 Å². The van der Waals surface area contributed by atoms with Crippen LogP contribution in [0.5, 0.6) is 0 Å². The number of rotatable bonds is 4. The van der Waals surface area contributed by atoms with Crippen molar-refractivity contribution in [2.24, 2.45) is 0 Å². The molecule has 5 nitrogen and oxygen atoms in total. The van der Waals surface area contributed by atoms with E-state index in [-0.39, 0.29) is 17.5 Å². The monoisotopic (exact) mass is 259 g/mol. The van der Waals surface area contributed by atoms with E-state index in [0.29, 0.717) is 0 Å². The number of hydrogen-bond donors (Lipinski definition) is 2. The lowest BCUT2D eigenvalue weighted by atomic mass is 10.3. The van der Waals surface area contributed by atoms with Gasteiger partial charge in [-0.2, -0.15) is 0 Å². The molecule has 7 heteroatoms. The molecule has 2 heterocycles. The highest BCUT2D eigenvalue weighted by molar-refractivity contribution is 7.92. The number of sulfonamides is 1. The van der Waals surface area contributed by atoms with Crippen molar-refractivity contribution in [2.45, 2.75) is 18.9 Å². The molecule has 1 aliphatic heterocycles. The maximum absolute atomic E-state index is 13.2. The highest BCUT2D eigenvalue weighted by Crippen LogP contribution is 2.15. The Balaban J connectivity index is 2.04. The highest BCUT2D eigenvalue weighted by atomic mass is 32.2. The van der Waals surface area contributed by atoms with Crippen LogP contribution in [-0.4, -0.2) is 31.7 Å². The molecule has 1 aromatic rings. The Morgan fingerprint density at radius 1 is 1.59 bits per heavy atom. The summed E-state index contributed by atoms with van der Waals surface area (Å²) in [4.78, 5) is 3.56. The average molecular weight is 259 g/mol. The first-order valence-corrected chi connectivity index (χ1v) is 7.05. The molecule has 1 aromatic heterocycles. The van der Waals surface area contributed by atoms with Crippen molar-refractivity contribution >= 4 is 15.7 Å². The van der Waals surface area contributed by atoms with Crippen molar-refractivity contribution in [3.8, 4) is 0 Å². The van der Waals surface area contributed by atoms with Gasteiger partial charge >= 0.3 is 0 Å². The molecule has 1 aliphatic rings. The molecule has 0 aliphatic carbocycles. The van der Waals surface area contributed by atoms with Crippen LogP contribution >= 0.6 is 0 Å². The minimum absolute atomic E-state index is 0.0330. The van der Waals surface area contributed by atoms with E-state index >= 15 is 0 Å². The van der Waals surface area contributed by atoms with Crippen molar-refractivity contribution in [3.05, 3.63) is 24.3 Å². The standard InChI is InChI=1S/C10H14FN3O2S/c11-9-6-12-5-3-10(9)14-17(15,16)7-8-2-1-4-13-8/h3,5-6,8,13H,1-2,4,7H2,(H,12,14). The predicted octanol–water partition coefficient (Wildman–Crippen LogP) is 0.714. The second kappa shape index (κ2) is 4.97. The van der Waals surface area contributed by atoms with Crippen LogP contribution in [-0.2, 0) is 10.0 Å². The third kappa shape index (κ3) is 3.37. The van der Waals surface area contributed by atoms with Gasteiger partial charge in [-0.05, 0) is 25.5 Å². The number of halogens is 1. The largest absolute Gasteiger partial charge is 0.313 e. The molecule has 0 aromatic carbocycles. The van der Waals surface area contributed by atoms with Crippen molar-refractivity contribution in [1.82, 2.24) is 10.3 Å². The molecular formula is C10H14FN3O2S. The van der Waals surface area contributed by atoms with Crippen LogP contribution in [0.1, 0.15) is 12.8 Å². The number of hydrogen-bond acceptors (Lipinski definition) is 4. The van der Waals surface area contributed by atoms with Gasteiger partial charge in [0.25, 0.3) is 0 Å². The van der Waals surface area contributed by atoms with Gasteiger partial charge in [0.2, 0.25) is 10.0 Å². The maximum Gasteiger partial charge on any atom is 0.234 e. The second-order valence-electron chi connectivity index (χ2n) is 4.03. The third-order valence-corrected chi connectivity index (χ3v) is 3.99. The smallest absolute Gasteiger partial charge is 0.234 e. The van der Waals surface area contributed by atoms with Gasteiger partial charge in [-0.3, -0.25) is 9.71 Å². The van der Waals surface area contributed by atoms with Crippen LogP contribution in [0.15, 0.2) is 18.5 Å². The number of nitrogens with zero attached hydrogens (tertiary/aromatic N) is 1. The van der Waals surface area contributed by atoms with Crippen molar-refractivity contribution < 1.29 is 12.8 Å². The van der Waals surface area contributed by atoms with Crippen LogP contribution in [0.2, 0.25) is 0 Å². The molecule has 1 unspecified atom stereocenters. The molecule has 0 amide bonds. The Bertz CT molecular complexity index is 486. The average Bonchev–Trinajstić information content (AvgIpc) is 2.73. The Labute approximate surface area is 99.5 Å². The molecule has 0 saturated carbocycles. The van der Waals surface area contributed by atoms with Gasteiger partial charge in [-0.25, -0.2) is 12.8 Å². The molecule has 2 rings (SSSR count). The predicted molar refractivity (Wildman–Crippen MR) is 62.6 cm³/mol. The highest BCUT2D eigenvalue weighted by Gasteiger charge is 2.22. The fraction of sp³-hybridized carbons (Fsp3) is 0.500. The van der Waals surface area contributed by atoms with E-state index in [1.54, 1.807) is 0 Å². The summed E-state index contributed by atoms with van der Waals surface area (Å²) in [5.74, 6) is -0.704. The van der Waals surface area contributed by atoms with Gasteiger partial charge in [0.15, 0.2) is 5.82 Å². The van der Waals surface area contributed by atoms with Crippen molar-refractivity contribution in [3.63, 3.8) is 0 Å². The SMILES string of the molecule is O=S(=O)(CC1CCCN1)Nc1ccncc1F. The van der Waals surface area contributed by atoms with Crippen molar-refractivity contribution in [2.75, 3.05) is 17.0 Å². The van der Waals surface area contributed by atoms with Gasteiger partial charge in [0.05, 0.1) is 17.6 Å². The van der Waals surface area contributed by atoms with Gasteiger partial charge in [-0.1, -0.05) is 0 Å². The fourth-order valence-electron chi connectivity index (χ4n) is 1.83. The number of pyridine rings is 1. The molecule has 1 atom stereocenters. The Kier molecular flexibility index (Phi) is 3.58. The fourth-order valence-corrected chi connectivity index (χ4v) is 3.23. The number of nitrogens with one attached hydrogen (secondary N) is 2. The van der Waals surface area contributed by atoms with E-state index < -0.39 is 15.8 Å². The lowest BCUT2D eigenvalue weighted by Crippen LogP contribution is -2.33. The van der Waals surface area contributed by atoms with E-state index in [9.17, 15) is 12.8 Å². The summed E-state index contributed by atoms with van der Waals surface area (Å²) in [5.41, 5.74) is -0.0574. The van der Waals surface area contributed by atoms with E-state index in [0.717, 1.165) is 25.6 Å². The summed E-state index contributed by atoms with van der Waals surface area (Å²) in [6.45, 7) is 0.837. The lowest BCUT2D eigenvalue weighted by Gasteiger charge is -2.12. The zero-order valence-electron chi connectivity index (χ0n) is 9.19. The molecule has 1 saturated heterocycles. The summed E-state index contributed by atoms with van der Waals surface area (Å²) < 4.78 is 39.0. The van der Waals surface area contributed by atoms with Crippen LogP contribution in [0, 0.1) is 5.82 Å². The van der Waals surface area contributed by atoms with E-state index in [4.69, 9.17) is 0 Å². The zero-order valence-corrected chi connectivity index (χ0v) is 10.0. The van der Waals surface area contributed by atoms with Crippen LogP contribution in [0.25, 0.3) is 0 Å². The summed E-state index contributed by atoms with van der Waals surface area (Å²) in [5, 5.41) is 3.09. The molecule has 17 heavy (non-hydrogen) atoms. The number of anilines is 1. The van der Waals surface area contributed by atoms with Gasteiger partial charge in [0.1, 0.15) is 0 Å². The topological polar surface area (TPSA) is 71.1 Å². The van der Waals surface area contributed by atoms with E-state index in [1.165, 1.54) is 12.3 Å². The Morgan fingerprint density at radius 3 is 3.06 bits per heavy atom. The zero-order chi connectivity index (χ0) is 12.3. The van der Waals surface area contributed by atoms with Gasteiger partial charge in [-0.15, -0.1) is 0 Å². The van der Waals surface area contributed by atoms with Crippen LogP contribution in [0.3, 0.4) is 0 Å². The Hall–Kier alpha value is -1.21. The molecule has 94 valence electrons. The molecule has 1 fully saturated rings. The second-order valence-corrected chi connectivity index (χ2v) is 5.80. The van der Waals surface area contributed by atoms with Crippen molar-refractivity contribution in [1.29, 1.82) is 0 Å². The minimum atomic E-state index is -3.52. The molecule has 0 radical (unpaired) electrons. The van der Waals surface area contributed by atoms with E-state index in [2.05, 4.69) is 15.0 Å². The first-order chi connectivity index (χ1) is 8.07. The third-order valence-electron chi connectivity index (χ3n) is 2.62. The lowest BCUT2D eigenvalue weighted by molar-refractivity contribution is 0.580. The summed E-state index contributed by atoms with van der Waals surface area (Å²) in [6.07, 6.45) is 4.13. The minimum Gasteiger partial charge on any atom is -0.313 e.